The predicted octanol–water partition coefficient (Wildman–Crippen LogP) is 10.8. The molecule has 12 nitrogen and oxygen atoms in total. The molecular formula is C48H76NO11P. The number of hydrogen-bond donors (Lipinski definition) is 4. The standard InChI is InChI=1S/C48H76NO11P/c1-3-5-7-9-11-13-15-17-18-19-20-21-22-24-26-28-30-32-34-38-47(52)60-44(41-58-61(55,56)59-42-45(49)48(53)54)40-57-46(51)39-35-37-43(50)36-33-31-29-27-25-23-16-14-12-10-8-6-4-2/h6,8,11-14,17-18,20-21,23-26,29,31,33,36,43-45,50H,3-5,7,9-10,15-16,19,22,27-28,30,32,34-35,37-42,49H2,1-2H3,(H,53,54)(H,55,56)/b8-6-,13-11-,14-12-,18-17-,21-20-,25-23-,26-24-,31-29-,36-33+/t43?,44-,45+/m1/s1. The maximum Gasteiger partial charge on any atom is 0.472 e. The van der Waals surface area contributed by atoms with Gasteiger partial charge in [-0.1, -0.05) is 142 Å². The zero-order valence-corrected chi connectivity index (χ0v) is 37.7. The van der Waals surface area contributed by atoms with E-state index in [9.17, 15) is 28.9 Å². The molecule has 61 heavy (non-hydrogen) atoms. The van der Waals surface area contributed by atoms with Crippen molar-refractivity contribution in [1.82, 2.24) is 0 Å². The number of allylic oxidation sites excluding steroid dienone is 17. The summed E-state index contributed by atoms with van der Waals surface area (Å²) in [4.78, 5) is 46.0. The van der Waals surface area contributed by atoms with Gasteiger partial charge in [0.2, 0.25) is 0 Å². The molecule has 4 atom stereocenters. The second-order valence-electron chi connectivity index (χ2n) is 14.3. The number of carboxylic acids is 1. The highest BCUT2D eigenvalue weighted by Gasteiger charge is 2.28. The number of hydrogen-bond acceptors (Lipinski definition) is 10. The molecule has 0 aliphatic rings. The lowest BCUT2D eigenvalue weighted by atomic mass is 10.1. The van der Waals surface area contributed by atoms with Crippen molar-refractivity contribution < 1.29 is 52.6 Å². The first kappa shape index (κ1) is 57.1. The largest absolute Gasteiger partial charge is 0.480 e. The van der Waals surface area contributed by atoms with Gasteiger partial charge >= 0.3 is 25.7 Å². The Morgan fingerprint density at radius 3 is 1.67 bits per heavy atom. The number of aliphatic hydroxyl groups is 1. The van der Waals surface area contributed by atoms with Gasteiger partial charge in [-0.2, -0.15) is 0 Å². The number of carbonyl (C=O) groups excluding carboxylic acids is 2. The van der Waals surface area contributed by atoms with Gasteiger partial charge in [-0.3, -0.25) is 23.4 Å². The molecule has 13 heteroatoms. The van der Waals surface area contributed by atoms with Crippen molar-refractivity contribution in [1.29, 1.82) is 0 Å². The molecule has 0 aromatic carbocycles. The van der Waals surface area contributed by atoms with Gasteiger partial charge < -0.3 is 30.3 Å². The maximum absolute atomic E-state index is 12.6. The number of carbonyl (C=O) groups is 3. The summed E-state index contributed by atoms with van der Waals surface area (Å²) in [6, 6.07) is -1.56. The molecule has 0 rings (SSSR count). The smallest absolute Gasteiger partial charge is 0.472 e. The van der Waals surface area contributed by atoms with Gasteiger partial charge in [-0.25, -0.2) is 4.57 Å². The minimum atomic E-state index is -4.78. The highest BCUT2D eigenvalue weighted by Crippen LogP contribution is 2.43. The second kappa shape index (κ2) is 41.5. The first-order valence-corrected chi connectivity index (χ1v) is 23.5. The Morgan fingerprint density at radius 1 is 0.607 bits per heavy atom. The van der Waals surface area contributed by atoms with Crippen LogP contribution in [0.1, 0.15) is 136 Å². The monoisotopic (exact) mass is 874 g/mol. The van der Waals surface area contributed by atoms with Crippen LogP contribution in [0.15, 0.2) is 109 Å². The number of ether oxygens (including phenoxy) is 2. The topological polar surface area (TPSA) is 192 Å². The van der Waals surface area contributed by atoms with Crippen molar-refractivity contribution in [2.45, 2.75) is 154 Å². The van der Waals surface area contributed by atoms with Gasteiger partial charge in [0.15, 0.2) is 6.10 Å². The van der Waals surface area contributed by atoms with Crippen LogP contribution >= 0.6 is 7.82 Å². The number of unbranched alkanes of at least 4 members (excludes halogenated alkanes) is 6. The third kappa shape index (κ3) is 41.2. The third-order valence-corrected chi connectivity index (χ3v) is 9.56. The lowest BCUT2D eigenvalue weighted by Crippen LogP contribution is -2.34. The molecule has 0 aromatic rings. The highest BCUT2D eigenvalue weighted by atomic mass is 31.2. The lowest BCUT2D eigenvalue weighted by molar-refractivity contribution is -0.161. The van der Waals surface area contributed by atoms with Gasteiger partial charge in [0.1, 0.15) is 12.6 Å². The lowest BCUT2D eigenvalue weighted by Gasteiger charge is -2.20. The number of aliphatic carboxylic acids is 1. The number of phosphoric ester groups is 1. The molecule has 0 saturated heterocycles. The van der Waals surface area contributed by atoms with Crippen molar-refractivity contribution in [3.63, 3.8) is 0 Å². The van der Waals surface area contributed by atoms with Crippen LogP contribution in [0.5, 0.6) is 0 Å². The summed E-state index contributed by atoms with van der Waals surface area (Å²) in [6.45, 7) is 2.40. The van der Waals surface area contributed by atoms with E-state index in [0.29, 0.717) is 19.3 Å². The summed E-state index contributed by atoms with van der Waals surface area (Å²) in [5.74, 6) is -2.66. The molecule has 0 spiro atoms. The van der Waals surface area contributed by atoms with E-state index in [-0.39, 0.29) is 12.8 Å². The van der Waals surface area contributed by atoms with E-state index in [0.717, 1.165) is 70.6 Å². The van der Waals surface area contributed by atoms with Crippen molar-refractivity contribution in [2.75, 3.05) is 19.8 Å². The van der Waals surface area contributed by atoms with Crippen LogP contribution in [0.25, 0.3) is 0 Å². The van der Waals surface area contributed by atoms with E-state index in [1.165, 1.54) is 19.3 Å². The Bertz CT molecular complexity index is 1460. The third-order valence-electron chi connectivity index (χ3n) is 8.61. The number of rotatable bonds is 39. The number of phosphoric acid groups is 1. The first-order valence-electron chi connectivity index (χ1n) is 22.0. The van der Waals surface area contributed by atoms with Gasteiger partial charge in [-0.15, -0.1) is 0 Å². The molecule has 0 aromatic heterocycles. The fourth-order valence-electron chi connectivity index (χ4n) is 5.13. The van der Waals surface area contributed by atoms with E-state index >= 15 is 0 Å². The Kier molecular flexibility index (Phi) is 38.8. The van der Waals surface area contributed by atoms with E-state index < -0.39 is 63.8 Å². The highest BCUT2D eigenvalue weighted by molar-refractivity contribution is 7.47. The van der Waals surface area contributed by atoms with E-state index in [4.69, 9.17) is 24.8 Å². The quantitative estimate of drug-likeness (QED) is 0.0150. The summed E-state index contributed by atoms with van der Waals surface area (Å²) >= 11 is 0. The molecule has 0 amide bonds. The molecule has 0 fully saturated rings. The molecule has 0 radical (unpaired) electrons. The van der Waals surface area contributed by atoms with Crippen LogP contribution in [0.3, 0.4) is 0 Å². The van der Waals surface area contributed by atoms with Crippen LogP contribution in [-0.2, 0) is 37.5 Å². The van der Waals surface area contributed by atoms with Crippen LogP contribution in [0, 0.1) is 0 Å². The fraction of sp³-hybridized carbons (Fsp3) is 0.562. The summed E-state index contributed by atoms with van der Waals surface area (Å²) in [5.41, 5.74) is 5.32. The van der Waals surface area contributed by atoms with E-state index in [2.05, 4.69) is 103 Å². The number of esters is 2. The zero-order chi connectivity index (χ0) is 45.1. The molecule has 2 unspecified atom stereocenters. The minimum absolute atomic E-state index is 0.0233. The number of aliphatic hydroxyl groups excluding tert-OH is 1. The van der Waals surface area contributed by atoms with Crippen molar-refractivity contribution in [3.05, 3.63) is 109 Å². The van der Waals surface area contributed by atoms with E-state index in [1.54, 1.807) is 12.2 Å². The summed E-state index contributed by atoms with van der Waals surface area (Å²) in [5, 5.41) is 19.1. The molecule has 0 saturated carbocycles. The normalized spacial score (nSPS) is 15.2. The summed E-state index contributed by atoms with van der Waals surface area (Å²) in [6.07, 6.45) is 50.4. The molecule has 0 aliphatic carbocycles. The van der Waals surface area contributed by atoms with Crippen molar-refractivity contribution in [2.24, 2.45) is 5.73 Å². The Hall–Kier alpha value is -3.90. The zero-order valence-electron chi connectivity index (χ0n) is 36.8. The number of nitrogens with two attached hydrogens (primary N) is 1. The molecule has 0 bridgehead atoms. The van der Waals surface area contributed by atoms with Gasteiger partial charge in [0.25, 0.3) is 0 Å². The van der Waals surface area contributed by atoms with E-state index in [1.807, 2.05) is 12.2 Å². The molecule has 0 heterocycles. The predicted molar refractivity (Wildman–Crippen MR) is 246 cm³/mol. The second-order valence-corrected chi connectivity index (χ2v) is 15.7. The fourth-order valence-corrected chi connectivity index (χ4v) is 5.91. The van der Waals surface area contributed by atoms with Crippen molar-refractivity contribution in [3.8, 4) is 0 Å². The van der Waals surface area contributed by atoms with Crippen LogP contribution in [0.4, 0.5) is 0 Å². The van der Waals surface area contributed by atoms with Gasteiger partial charge in [0, 0.05) is 12.8 Å². The molecule has 0 aliphatic heterocycles. The first-order chi connectivity index (χ1) is 29.5. The average Bonchev–Trinajstić information content (AvgIpc) is 3.23. The summed E-state index contributed by atoms with van der Waals surface area (Å²) in [7, 11) is -4.78. The average molecular weight is 874 g/mol. The molecule has 5 N–H and O–H groups in total. The Labute approximate surface area is 366 Å². The Balaban J connectivity index is 4.64. The van der Waals surface area contributed by atoms with Crippen LogP contribution in [-0.4, -0.2) is 71.1 Å². The SMILES string of the molecule is CC/C=C\C/C=C\C/C=C\C/C=C\C=C\C(O)CCCC(=O)OC[C@H](COP(=O)(O)OC[C@H](N)C(=O)O)OC(=O)CCCCC/C=C\C/C=C\C/C=C\C/C=C\CCCCC. The summed E-state index contributed by atoms with van der Waals surface area (Å²) < 4.78 is 32.5. The maximum atomic E-state index is 12.6. The Morgan fingerprint density at radius 2 is 1.11 bits per heavy atom. The van der Waals surface area contributed by atoms with Gasteiger partial charge in [-0.05, 0) is 89.9 Å². The van der Waals surface area contributed by atoms with Gasteiger partial charge in [0.05, 0.1) is 19.3 Å². The van der Waals surface area contributed by atoms with Crippen LogP contribution in [0.2, 0.25) is 0 Å². The molecule has 344 valence electrons. The van der Waals surface area contributed by atoms with Crippen LogP contribution < -0.4 is 5.73 Å². The number of carboxylic acid groups (broad SMARTS) is 1. The van der Waals surface area contributed by atoms with Crippen molar-refractivity contribution >= 4 is 25.7 Å². The molecular weight excluding hydrogens is 797 g/mol. The minimum Gasteiger partial charge on any atom is -0.480 e.